The molecule has 0 aromatic rings. The molecule has 1 aliphatic heterocycles. The number of hydrogen-bond donors (Lipinski definition) is 0. The molecule has 0 radical (unpaired) electrons. The second-order valence-corrected chi connectivity index (χ2v) is 4.82. The van der Waals surface area contributed by atoms with Gasteiger partial charge in [0.2, 0.25) is 5.91 Å². The maximum Gasteiger partial charge on any atom is 0.260 e. The van der Waals surface area contributed by atoms with Gasteiger partial charge in [-0.2, -0.15) is 0 Å². The lowest BCUT2D eigenvalue weighted by atomic mass is 9.97. The molecule has 2 saturated carbocycles. The summed E-state index contributed by atoms with van der Waals surface area (Å²) in [5.41, 5.74) is -1.16. The highest BCUT2D eigenvalue weighted by molar-refractivity contribution is 5.91. The van der Waals surface area contributed by atoms with Crippen LogP contribution >= 0.6 is 0 Å². The minimum Gasteiger partial charge on any atom is -0.332 e. The number of nitrogens with zero attached hydrogens (tertiary/aromatic N) is 1. The van der Waals surface area contributed by atoms with Crippen LogP contribution in [0, 0.1) is 17.3 Å². The van der Waals surface area contributed by atoms with Crippen molar-refractivity contribution in [3.8, 4) is 0 Å². The summed E-state index contributed by atoms with van der Waals surface area (Å²) in [5.74, 6) is -4.07. The molecule has 0 N–H and O–H groups in total. The molecule has 0 aromatic heterocycles. The van der Waals surface area contributed by atoms with E-state index in [9.17, 15) is 18.4 Å². The summed E-state index contributed by atoms with van der Waals surface area (Å²) in [4.78, 5) is 23.9. The van der Waals surface area contributed by atoms with E-state index in [0.717, 1.165) is 0 Å². The van der Waals surface area contributed by atoms with Crippen LogP contribution in [0.25, 0.3) is 0 Å². The normalized spacial score (nSPS) is 48.3. The van der Waals surface area contributed by atoms with Crippen molar-refractivity contribution in [2.75, 3.05) is 6.54 Å². The summed E-state index contributed by atoms with van der Waals surface area (Å²) < 4.78 is 26.6. The van der Waals surface area contributed by atoms with Crippen LogP contribution in [0.15, 0.2) is 0 Å². The summed E-state index contributed by atoms with van der Waals surface area (Å²) in [6.07, 6.45) is 0. The predicted octanol–water partition coefficient (Wildman–Crippen LogP) is 0.687. The fraction of sp³-hybridized carbons (Fsp3) is 0.800. The number of fused-ring (bicyclic) bond motifs is 1. The first kappa shape index (κ1) is 9.24. The SMILES string of the molecule is CC(=O)[C@H]1N(C(C)=O)C[C@@H]2C3C(F)(F)[C@@]321. The highest BCUT2D eigenvalue weighted by atomic mass is 19.3. The highest BCUT2D eigenvalue weighted by Crippen LogP contribution is 2.92. The third-order valence-electron chi connectivity index (χ3n) is 4.25. The summed E-state index contributed by atoms with van der Waals surface area (Å²) in [7, 11) is 0. The first-order valence-electron chi connectivity index (χ1n) is 5.02. The fourth-order valence-electron chi connectivity index (χ4n) is 3.61. The van der Waals surface area contributed by atoms with E-state index < -0.39 is 23.3 Å². The van der Waals surface area contributed by atoms with Crippen molar-refractivity contribution in [3.63, 3.8) is 0 Å². The Kier molecular flexibility index (Phi) is 1.28. The van der Waals surface area contributed by atoms with Gasteiger partial charge in [0.1, 0.15) is 6.04 Å². The molecule has 4 atom stereocenters. The number of carbonyl (C=O) groups is 2. The van der Waals surface area contributed by atoms with Gasteiger partial charge in [-0.25, -0.2) is 8.78 Å². The monoisotopic (exact) mass is 215 g/mol. The van der Waals surface area contributed by atoms with E-state index in [1.807, 2.05) is 0 Å². The molecular formula is C10H11F2NO2. The second kappa shape index (κ2) is 2.08. The number of amides is 1. The van der Waals surface area contributed by atoms with Crippen molar-refractivity contribution in [2.45, 2.75) is 25.8 Å². The van der Waals surface area contributed by atoms with Crippen LogP contribution in [0.4, 0.5) is 8.78 Å². The Morgan fingerprint density at radius 1 is 1.33 bits per heavy atom. The van der Waals surface area contributed by atoms with Crippen LogP contribution in [-0.4, -0.2) is 35.1 Å². The first-order valence-corrected chi connectivity index (χ1v) is 5.02. The Balaban J connectivity index is 1.97. The van der Waals surface area contributed by atoms with Gasteiger partial charge in [0.05, 0.1) is 5.41 Å². The van der Waals surface area contributed by atoms with Crippen LogP contribution in [0.5, 0.6) is 0 Å². The number of halogens is 2. The highest BCUT2D eigenvalue weighted by Gasteiger charge is 3.04. The third-order valence-corrected chi connectivity index (χ3v) is 4.25. The minimum absolute atomic E-state index is 0.134. The van der Waals surface area contributed by atoms with E-state index in [0.29, 0.717) is 6.54 Å². The number of ketones is 1. The van der Waals surface area contributed by atoms with E-state index in [-0.39, 0.29) is 17.6 Å². The summed E-state index contributed by atoms with van der Waals surface area (Å²) in [6, 6.07) is -0.875. The van der Waals surface area contributed by atoms with Gasteiger partial charge in [-0.3, -0.25) is 9.59 Å². The Morgan fingerprint density at radius 3 is 2.33 bits per heavy atom. The molecule has 1 amide bonds. The maximum absolute atomic E-state index is 13.3. The minimum atomic E-state index is -2.71. The van der Waals surface area contributed by atoms with Gasteiger partial charge < -0.3 is 4.90 Å². The molecule has 1 saturated heterocycles. The van der Waals surface area contributed by atoms with Crippen LogP contribution in [0.3, 0.4) is 0 Å². The smallest absolute Gasteiger partial charge is 0.260 e. The van der Waals surface area contributed by atoms with Crippen molar-refractivity contribution in [3.05, 3.63) is 0 Å². The molecule has 1 spiro atoms. The Bertz CT molecular complexity index is 395. The molecule has 3 rings (SSSR count). The molecule has 1 heterocycles. The number of piperidine rings is 1. The van der Waals surface area contributed by atoms with Crippen LogP contribution < -0.4 is 0 Å². The average Bonchev–Trinajstić information content (AvgIpc) is 2.85. The number of Topliss-reactive ketones (excluding diaryl/α,β-unsaturated/α-hetero) is 1. The zero-order chi connectivity index (χ0) is 11.2. The Labute approximate surface area is 85.4 Å². The predicted molar refractivity (Wildman–Crippen MR) is 46.2 cm³/mol. The standard InChI is InChI=1S/C10H11F2NO2/c1-4(14)8-9-6(3-13(8)5(2)15)7(9)10(9,11)12/h6-8H,3H2,1-2H3/t6-,7?,8-,9-/m1/s1. The van der Waals surface area contributed by atoms with Crippen LogP contribution in [-0.2, 0) is 9.59 Å². The molecule has 0 bridgehead atoms. The molecule has 0 aromatic carbocycles. The van der Waals surface area contributed by atoms with Crippen molar-refractivity contribution >= 4 is 11.7 Å². The summed E-state index contributed by atoms with van der Waals surface area (Å²) in [6.45, 7) is 2.95. The lowest BCUT2D eigenvalue weighted by molar-refractivity contribution is -0.137. The zero-order valence-electron chi connectivity index (χ0n) is 8.46. The van der Waals surface area contributed by atoms with Gasteiger partial charge in [0, 0.05) is 25.3 Å². The first-order chi connectivity index (χ1) is 6.86. The third kappa shape index (κ3) is 0.683. The number of rotatable bonds is 1. The number of likely N-dealkylation sites (tertiary alicyclic amines) is 1. The number of alkyl halides is 2. The summed E-state index contributed by atoms with van der Waals surface area (Å²) in [5, 5.41) is 0. The van der Waals surface area contributed by atoms with Gasteiger partial charge in [-0.15, -0.1) is 0 Å². The molecule has 3 aliphatic rings. The van der Waals surface area contributed by atoms with Crippen LogP contribution in [0.2, 0.25) is 0 Å². The fourth-order valence-corrected chi connectivity index (χ4v) is 3.61. The average molecular weight is 215 g/mol. The number of hydrogen-bond acceptors (Lipinski definition) is 2. The van der Waals surface area contributed by atoms with Crippen molar-refractivity contribution < 1.29 is 18.4 Å². The second-order valence-electron chi connectivity index (χ2n) is 4.82. The van der Waals surface area contributed by atoms with Gasteiger partial charge >= 0.3 is 0 Å². The molecule has 5 heteroatoms. The lowest BCUT2D eigenvalue weighted by Gasteiger charge is -2.24. The van der Waals surface area contributed by atoms with Crippen molar-refractivity contribution in [1.29, 1.82) is 0 Å². The topological polar surface area (TPSA) is 37.4 Å². The number of carbonyl (C=O) groups excluding carboxylic acids is 2. The van der Waals surface area contributed by atoms with Crippen LogP contribution in [0.1, 0.15) is 13.8 Å². The lowest BCUT2D eigenvalue weighted by Crippen LogP contribution is -2.43. The van der Waals surface area contributed by atoms with Crippen molar-refractivity contribution in [2.24, 2.45) is 17.3 Å². The maximum atomic E-state index is 13.3. The molecule has 15 heavy (non-hydrogen) atoms. The van der Waals surface area contributed by atoms with Gasteiger partial charge in [-0.1, -0.05) is 0 Å². The largest absolute Gasteiger partial charge is 0.332 e. The summed E-state index contributed by atoms with van der Waals surface area (Å²) >= 11 is 0. The molecule has 3 fully saturated rings. The zero-order valence-corrected chi connectivity index (χ0v) is 8.46. The van der Waals surface area contributed by atoms with Crippen molar-refractivity contribution in [1.82, 2.24) is 4.90 Å². The molecule has 3 nitrogen and oxygen atoms in total. The van der Waals surface area contributed by atoms with E-state index >= 15 is 0 Å². The Hall–Kier alpha value is -1.00. The van der Waals surface area contributed by atoms with E-state index in [1.54, 1.807) is 0 Å². The molecule has 82 valence electrons. The quantitative estimate of drug-likeness (QED) is 0.645. The molecule has 2 aliphatic carbocycles. The van der Waals surface area contributed by atoms with Gasteiger partial charge in [-0.05, 0) is 6.92 Å². The van der Waals surface area contributed by atoms with Gasteiger partial charge in [0.15, 0.2) is 5.78 Å². The van der Waals surface area contributed by atoms with E-state index in [2.05, 4.69) is 0 Å². The molecular weight excluding hydrogens is 204 g/mol. The van der Waals surface area contributed by atoms with Gasteiger partial charge in [0.25, 0.3) is 5.92 Å². The Morgan fingerprint density at radius 2 is 1.93 bits per heavy atom. The van der Waals surface area contributed by atoms with E-state index in [1.165, 1.54) is 18.7 Å². The van der Waals surface area contributed by atoms with E-state index in [4.69, 9.17) is 0 Å². The molecule has 1 unspecified atom stereocenters.